The summed E-state index contributed by atoms with van der Waals surface area (Å²) in [5.41, 5.74) is 1.41. The third kappa shape index (κ3) is 5.00. The molecule has 1 saturated heterocycles. The molecule has 0 saturated carbocycles. The lowest BCUT2D eigenvalue weighted by Crippen LogP contribution is -2.33. The van der Waals surface area contributed by atoms with Crippen molar-refractivity contribution in [3.63, 3.8) is 0 Å². The van der Waals surface area contributed by atoms with E-state index in [4.69, 9.17) is 4.74 Å². The van der Waals surface area contributed by atoms with E-state index >= 15 is 0 Å². The number of carbonyl (C=O) groups is 3. The van der Waals surface area contributed by atoms with Crippen LogP contribution in [0.25, 0.3) is 5.57 Å². The summed E-state index contributed by atoms with van der Waals surface area (Å²) in [6.07, 6.45) is 0.892. The van der Waals surface area contributed by atoms with Gasteiger partial charge in [0.1, 0.15) is 11.9 Å². The van der Waals surface area contributed by atoms with Crippen LogP contribution in [0.1, 0.15) is 25.8 Å². The van der Waals surface area contributed by atoms with Gasteiger partial charge in [0.25, 0.3) is 5.91 Å². The van der Waals surface area contributed by atoms with Crippen LogP contribution in [-0.2, 0) is 24.1 Å². The van der Waals surface area contributed by atoms with Crippen molar-refractivity contribution in [2.24, 2.45) is 4.36 Å². The number of hydrogen-bond donors (Lipinski definition) is 1. The van der Waals surface area contributed by atoms with E-state index in [2.05, 4.69) is 9.68 Å². The van der Waals surface area contributed by atoms with Crippen LogP contribution >= 0.6 is 0 Å². The van der Waals surface area contributed by atoms with Gasteiger partial charge in [-0.15, -0.1) is 0 Å². The Balaban J connectivity index is 1.75. The zero-order valence-corrected chi connectivity index (χ0v) is 17.0. The molecule has 0 radical (unpaired) electrons. The zero-order valence-electron chi connectivity index (χ0n) is 16.1. The molecule has 1 N–H and O–H groups in total. The van der Waals surface area contributed by atoms with Gasteiger partial charge in [-0.05, 0) is 30.2 Å². The Labute approximate surface area is 168 Å². The molecule has 0 bridgehead atoms. The van der Waals surface area contributed by atoms with Crippen LogP contribution in [0.15, 0.2) is 28.6 Å². The van der Waals surface area contributed by atoms with Gasteiger partial charge < -0.3 is 10.1 Å². The average molecular weight is 423 g/mol. The highest BCUT2D eigenvalue weighted by Crippen LogP contribution is 2.30. The molecular formula is C19H22FN3O5S. The van der Waals surface area contributed by atoms with Gasteiger partial charge in [0.15, 0.2) is 0 Å². The Morgan fingerprint density at radius 2 is 2.14 bits per heavy atom. The molecule has 2 aliphatic rings. The van der Waals surface area contributed by atoms with E-state index in [1.807, 2.05) is 0 Å². The van der Waals surface area contributed by atoms with E-state index in [1.54, 1.807) is 18.2 Å². The summed E-state index contributed by atoms with van der Waals surface area (Å²) in [4.78, 5) is 35.5. The molecule has 8 nitrogen and oxygen atoms in total. The number of allylic oxidation sites excluding steroid dienone is 1. The molecule has 2 atom stereocenters. The van der Waals surface area contributed by atoms with E-state index in [9.17, 15) is 23.0 Å². The van der Waals surface area contributed by atoms with E-state index in [0.717, 1.165) is 0 Å². The van der Waals surface area contributed by atoms with Crippen LogP contribution in [0.3, 0.4) is 0 Å². The van der Waals surface area contributed by atoms with Crippen molar-refractivity contribution in [2.45, 2.75) is 26.4 Å². The maximum absolute atomic E-state index is 14.7. The number of rotatable bonds is 4. The lowest BCUT2D eigenvalue weighted by Gasteiger charge is -2.19. The Kier molecular flexibility index (Phi) is 6.02. The highest BCUT2D eigenvalue weighted by molar-refractivity contribution is 7.94. The molecular weight excluding hydrogens is 401 g/mol. The molecule has 1 fully saturated rings. The zero-order chi connectivity index (χ0) is 21.2. The van der Waals surface area contributed by atoms with Crippen molar-refractivity contribution < 1.29 is 27.7 Å². The van der Waals surface area contributed by atoms with Crippen LogP contribution in [0, 0.1) is 5.82 Å². The quantitative estimate of drug-likeness (QED) is 0.798. The maximum atomic E-state index is 14.7. The second-order valence-electron chi connectivity index (χ2n) is 6.95. The highest BCUT2D eigenvalue weighted by Gasteiger charge is 2.33. The first-order valence-electron chi connectivity index (χ1n) is 9.11. The van der Waals surface area contributed by atoms with Gasteiger partial charge in [0.05, 0.1) is 34.3 Å². The number of halogens is 1. The number of nitrogens with one attached hydrogen (secondary N) is 1. The summed E-state index contributed by atoms with van der Waals surface area (Å²) in [5, 5.41) is 2.59. The number of benzene rings is 1. The largest absolute Gasteiger partial charge is 0.442 e. The summed E-state index contributed by atoms with van der Waals surface area (Å²) in [6, 6.07) is 4.44. The SMILES string of the molecule is CC(=O)N=S1(=O)CC=C(c2ccc(N3C[C@H](CNC(C)=O)OC3=O)cc2F)CC1. The average Bonchev–Trinajstić information content (AvgIpc) is 3.01. The number of nitrogens with zero attached hydrogens (tertiary/aromatic N) is 2. The molecule has 1 aromatic rings. The first-order chi connectivity index (χ1) is 13.7. The molecule has 0 aliphatic carbocycles. The standard InChI is InChI=1S/C19H22FN3O5S/c1-12(24)21-10-16-11-23(19(26)28-16)15-3-4-17(18(20)9-15)14-5-7-29(27,8-6-14)22-13(2)25/h3-5,9,16H,6-8,10-11H2,1-2H3,(H,21,24)/t16-,29?/m0/s1. The van der Waals surface area contributed by atoms with Gasteiger partial charge in [-0.25, -0.2) is 13.4 Å². The summed E-state index contributed by atoms with van der Waals surface area (Å²) in [7, 11) is -2.61. The van der Waals surface area contributed by atoms with Crippen LogP contribution in [0.5, 0.6) is 0 Å². The van der Waals surface area contributed by atoms with E-state index in [1.165, 1.54) is 24.8 Å². The number of amides is 3. The van der Waals surface area contributed by atoms with E-state index < -0.39 is 33.7 Å². The second-order valence-corrected chi connectivity index (χ2v) is 9.42. The predicted molar refractivity (Wildman–Crippen MR) is 106 cm³/mol. The molecule has 156 valence electrons. The van der Waals surface area contributed by atoms with Crippen molar-refractivity contribution in [1.29, 1.82) is 0 Å². The fourth-order valence-electron chi connectivity index (χ4n) is 3.28. The molecule has 2 heterocycles. The van der Waals surface area contributed by atoms with E-state index in [0.29, 0.717) is 23.2 Å². The molecule has 0 spiro atoms. The number of ether oxygens (including phenoxy) is 1. The lowest BCUT2D eigenvalue weighted by atomic mass is 10.0. The third-order valence-corrected chi connectivity index (χ3v) is 6.76. The summed E-state index contributed by atoms with van der Waals surface area (Å²) in [5.74, 6) is -0.911. The fourth-order valence-corrected chi connectivity index (χ4v) is 5.08. The van der Waals surface area contributed by atoms with Crippen molar-refractivity contribution in [3.8, 4) is 0 Å². The fraction of sp³-hybridized carbons (Fsp3) is 0.421. The minimum absolute atomic E-state index is 0.104. The first kappa shape index (κ1) is 21.0. The third-order valence-electron chi connectivity index (χ3n) is 4.64. The summed E-state index contributed by atoms with van der Waals surface area (Å²) in [6.45, 7) is 3.02. The maximum Gasteiger partial charge on any atom is 0.414 e. The van der Waals surface area contributed by atoms with Gasteiger partial charge in [0.2, 0.25) is 5.91 Å². The summed E-state index contributed by atoms with van der Waals surface area (Å²) >= 11 is 0. The summed E-state index contributed by atoms with van der Waals surface area (Å²) < 4.78 is 36.1. The number of anilines is 1. The monoisotopic (exact) mass is 423 g/mol. The van der Waals surface area contributed by atoms with Gasteiger partial charge >= 0.3 is 6.09 Å². The Bertz CT molecular complexity index is 1010. The van der Waals surface area contributed by atoms with Gasteiger partial charge in [-0.3, -0.25) is 14.5 Å². The first-order valence-corrected chi connectivity index (χ1v) is 11.0. The van der Waals surface area contributed by atoms with Crippen molar-refractivity contribution in [2.75, 3.05) is 29.5 Å². The minimum atomic E-state index is -2.61. The van der Waals surface area contributed by atoms with E-state index in [-0.39, 0.29) is 30.5 Å². The molecule has 3 amide bonds. The van der Waals surface area contributed by atoms with Crippen molar-refractivity contribution in [1.82, 2.24) is 5.32 Å². The van der Waals surface area contributed by atoms with Gasteiger partial charge in [-0.1, -0.05) is 6.08 Å². The molecule has 3 rings (SSSR count). The minimum Gasteiger partial charge on any atom is -0.442 e. The number of cyclic esters (lactones) is 1. The topological polar surface area (TPSA) is 105 Å². The molecule has 29 heavy (non-hydrogen) atoms. The van der Waals surface area contributed by atoms with Crippen LogP contribution in [-0.4, -0.2) is 52.8 Å². The van der Waals surface area contributed by atoms with Crippen molar-refractivity contribution in [3.05, 3.63) is 35.7 Å². The molecule has 1 aromatic carbocycles. The number of hydrogen-bond acceptors (Lipinski definition) is 5. The second kappa shape index (κ2) is 8.32. The van der Waals surface area contributed by atoms with Gasteiger partial charge in [-0.2, -0.15) is 4.36 Å². The normalized spacial score (nSPS) is 24.0. The molecule has 2 aliphatic heterocycles. The predicted octanol–water partition coefficient (Wildman–Crippen LogP) is 2.09. The van der Waals surface area contributed by atoms with Crippen LogP contribution in [0.4, 0.5) is 14.9 Å². The smallest absolute Gasteiger partial charge is 0.414 e. The lowest BCUT2D eigenvalue weighted by molar-refractivity contribution is -0.119. The molecule has 0 aromatic heterocycles. The van der Waals surface area contributed by atoms with Crippen molar-refractivity contribution >= 4 is 38.9 Å². The Morgan fingerprint density at radius 1 is 1.38 bits per heavy atom. The van der Waals surface area contributed by atoms with Crippen LogP contribution in [0.2, 0.25) is 0 Å². The Hall–Kier alpha value is -2.75. The van der Waals surface area contributed by atoms with Gasteiger partial charge in [0, 0.05) is 25.2 Å². The Morgan fingerprint density at radius 3 is 2.72 bits per heavy atom. The van der Waals surface area contributed by atoms with Crippen LogP contribution < -0.4 is 10.2 Å². The number of carbonyl (C=O) groups excluding carboxylic acids is 3. The molecule has 1 unspecified atom stereocenters. The highest BCUT2D eigenvalue weighted by atomic mass is 32.2. The molecule has 10 heteroatoms.